The molecule has 2 fully saturated rings. The molecule has 1 heterocycles. The first-order chi connectivity index (χ1) is 12.3. The number of aldehydes is 1. The fourth-order valence-corrected chi connectivity index (χ4v) is 5.65. The minimum absolute atomic E-state index is 0.00534. The van der Waals surface area contributed by atoms with Gasteiger partial charge in [0, 0.05) is 12.3 Å². The van der Waals surface area contributed by atoms with Crippen molar-refractivity contribution in [1.82, 2.24) is 0 Å². The standard InChI is InChI=1S/C22H30O4/c1-15-18(7-6-17-8-11-25-13-17)22(4)10-5-9-21(3,14-23)20(22)12-19(15)26-16(2)24/h8,11,13-14,18-20H,1,5-7,9-10,12H2,2-4H3. The third kappa shape index (κ3) is 3.26. The smallest absolute Gasteiger partial charge is 0.303 e. The van der Waals surface area contributed by atoms with Gasteiger partial charge in [0.1, 0.15) is 12.4 Å². The average molecular weight is 358 g/mol. The number of rotatable bonds is 5. The van der Waals surface area contributed by atoms with E-state index in [9.17, 15) is 9.59 Å². The van der Waals surface area contributed by atoms with E-state index >= 15 is 0 Å². The first-order valence-electron chi connectivity index (χ1n) is 9.63. The molecule has 2 aliphatic rings. The molecule has 0 amide bonds. The highest BCUT2D eigenvalue weighted by atomic mass is 16.5. The quantitative estimate of drug-likeness (QED) is 0.434. The van der Waals surface area contributed by atoms with Gasteiger partial charge in [0.2, 0.25) is 0 Å². The van der Waals surface area contributed by atoms with Gasteiger partial charge >= 0.3 is 5.97 Å². The molecule has 2 aliphatic carbocycles. The van der Waals surface area contributed by atoms with Crippen molar-refractivity contribution in [1.29, 1.82) is 0 Å². The largest absolute Gasteiger partial charge is 0.472 e. The molecule has 4 heteroatoms. The maximum atomic E-state index is 12.0. The van der Waals surface area contributed by atoms with Crippen LogP contribution in [0.3, 0.4) is 0 Å². The highest BCUT2D eigenvalue weighted by Crippen LogP contribution is 2.61. The van der Waals surface area contributed by atoms with Crippen LogP contribution in [0.5, 0.6) is 0 Å². The number of ether oxygens (including phenoxy) is 1. The van der Waals surface area contributed by atoms with E-state index in [1.165, 1.54) is 12.5 Å². The molecule has 0 spiro atoms. The first-order valence-corrected chi connectivity index (χ1v) is 9.63. The van der Waals surface area contributed by atoms with E-state index in [0.29, 0.717) is 6.42 Å². The molecule has 0 bridgehead atoms. The van der Waals surface area contributed by atoms with Crippen LogP contribution in [0.25, 0.3) is 0 Å². The van der Waals surface area contributed by atoms with Crippen molar-refractivity contribution in [3.8, 4) is 0 Å². The van der Waals surface area contributed by atoms with Crippen molar-refractivity contribution in [3.05, 3.63) is 36.3 Å². The molecule has 5 unspecified atom stereocenters. The zero-order valence-electron chi connectivity index (χ0n) is 16.1. The minimum Gasteiger partial charge on any atom is -0.472 e. The van der Waals surface area contributed by atoms with Crippen LogP contribution >= 0.6 is 0 Å². The summed E-state index contributed by atoms with van der Waals surface area (Å²) in [5.74, 6) is 0.141. The minimum atomic E-state index is -0.361. The second-order valence-electron chi connectivity index (χ2n) is 8.67. The van der Waals surface area contributed by atoms with Crippen LogP contribution in [-0.2, 0) is 20.7 Å². The Morgan fingerprint density at radius 1 is 1.42 bits per heavy atom. The Bertz CT molecular complexity index is 676. The van der Waals surface area contributed by atoms with E-state index in [1.807, 2.05) is 6.07 Å². The van der Waals surface area contributed by atoms with E-state index in [1.54, 1.807) is 12.5 Å². The van der Waals surface area contributed by atoms with Crippen LogP contribution < -0.4 is 0 Å². The Balaban J connectivity index is 1.92. The summed E-state index contributed by atoms with van der Waals surface area (Å²) < 4.78 is 10.8. The summed E-state index contributed by atoms with van der Waals surface area (Å²) in [5, 5.41) is 0. The van der Waals surface area contributed by atoms with Crippen LogP contribution in [0.4, 0.5) is 0 Å². The molecule has 5 atom stereocenters. The van der Waals surface area contributed by atoms with Gasteiger partial charge in [-0.25, -0.2) is 0 Å². The summed E-state index contributed by atoms with van der Waals surface area (Å²) in [6.07, 6.45) is 9.90. The predicted octanol–water partition coefficient (Wildman–Crippen LogP) is 4.73. The number of furan rings is 1. The van der Waals surface area contributed by atoms with Gasteiger partial charge in [0.25, 0.3) is 0 Å². The number of aryl methyl sites for hydroxylation is 1. The van der Waals surface area contributed by atoms with Gasteiger partial charge in [-0.15, -0.1) is 0 Å². The van der Waals surface area contributed by atoms with E-state index in [4.69, 9.17) is 9.15 Å². The fraction of sp³-hybridized carbons (Fsp3) is 0.636. The third-order valence-electron chi connectivity index (χ3n) is 7.01. The average Bonchev–Trinajstić information content (AvgIpc) is 3.09. The first kappa shape index (κ1) is 18.9. The molecule has 4 nitrogen and oxygen atoms in total. The van der Waals surface area contributed by atoms with E-state index < -0.39 is 0 Å². The molecule has 1 aromatic heterocycles. The Morgan fingerprint density at radius 2 is 2.19 bits per heavy atom. The van der Waals surface area contributed by atoms with Crippen molar-refractivity contribution in [3.63, 3.8) is 0 Å². The maximum Gasteiger partial charge on any atom is 0.303 e. The zero-order valence-corrected chi connectivity index (χ0v) is 16.1. The lowest BCUT2D eigenvalue weighted by atomic mass is 9.46. The SMILES string of the molecule is C=C1C(OC(C)=O)CC2C(C)(C=O)CCCC2(C)C1CCc1ccoc1. The van der Waals surface area contributed by atoms with Gasteiger partial charge in [-0.2, -0.15) is 0 Å². The highest BCUT2D eigenvalue weighted by Gasteiger charge is 2.57. The van der Waals surface area contributed by atoms with Crippen LogP contribution in [0.15, 0.2) is 35.2 Å². The Hall–Kier alpha value is -1.84. The molecular weight excluding hydrogens is 328 g/mol. The number of carbonyl (C=O) groups is 2. The number of hydrogen-bond acceptors (Lipinski definition) is 4. The van der Waals surface area contributed by atoms with E-state index in [-0.39, 0.29) is 34.7 Å². The van der Waals surface area contributed by atoms with Crippen LogP contribution in [0.1, 0.15) is 58.4 Å². The summed E-state index contributed by atoms with van der Waals surface area (Å²) in [6.45, 7) is 10.2. The lowest BCUT2D eigenvalue weighted by Gasteiger charge is -2.58. The van der Waals surface area contributed by atoms with Crippen molar-refractivity contribution in [2.45, 2.75) is 65.4 Å². The van der Waals surface area contributed by atoms with Crippen molar-refractivity contribution in [2.24, 2.45) is 22.7 Å². The lowest BCUT2D eigenvalue weighted by molar-refractivity contribution is -0.155. The van der Waals surface area contributed by atoms with Gasteiger partial charge in [-0.05, 0) is 66.6 Å². The summed E-state index contributed by atoms with van der Waals surface area (Å²) in [7, 11) is 0. The van der Waals surface area contributed by atoms with Gasteiger partial charge in [-0.3, -0.25) is 4.79 Å². The molecular formula is C22H30O4. The third-order valence-corrected chi connectivity index (χ3v) is 7.01. The van der Waals surface area contributed by atoms with Crippen LogP contribution in [0.2, 0.25) is 0 Å². The molecule has 2 saturated carbocycles. The maximum absolute atomic E-state index is 12.0. The number of fused-ring (bicyclic) bond motifs is 1. The Morgan fingerprint density at radius 3 is 2.81 bits per heavy atom. The summed E-state index contributed by atoms with van der Waals surface area (Å²) in [5.41, 5.74) is 1.82. The molecule has 0 radical (unpaired) electrons. The molecule has 0 aliphatic heterocycles. The van der Waals surface area contributed by atoms with Crippen LogP contribution in [-0.4, -0.2) is 18.4 Å². The Kier molecular flexibility index (Phi) is 5.14. The zero-order chi connectivity index (χ0) is 18.9. The molecule has 3 rings (SSSR count). The molecule has 26 heavy (non-hydrogen) atoms. The number of carbonyl (C=O) groups excluding carboxylic acids is 2. The summed E-state index contributed by atoms with van der Waals surface area (Å²) >= 11 is 0. The predicted molar refractivity (Wildman–Crippen MR) is 99.4 cm³/mol. The highest BCUT2D eigenvalue weighted by molar-refractivity contribution is 5.66. The van der Waals surface area contributed by atoms with Gasteiger partial charge in [0.05, 0.1) is 12.5 Å². The van der Waals surface area contributed by atoms with Gasteiger partial charge in [0.15, 0.2) is 0 Å². The summed E-state index contributed by atoms with van der Waals surface area (Å²) in [6, 6.07) is 1.99. The van der Waals surface area contributed by atoms with E-state index in [0.717, 1.165) is 44.0 Å². The van der Waals surface area contributed by atoms with Crippen molar-refractivity contribution in [2.75, 3.05) is 0 Å². The topological polar surface area (TPSA) is 56.5 Å². The molecule has 0 N–H and O–H groups in total. The second-order valence-corrected chi connectivity index (χ2v) is 8.67. The fourth-order valence-electron chi connectivity index (χ4n) is 5.65. The van der Waals surface area contributed by atoms with Gasteiger partial charge < -0.3 is 13.9 Å². The lowest BCUT2D eigenvalue weighted by Crippen LogP contribution is -2.54. The monoisotopic (exact) mass is 358 g/mol. The number of esters is 1. The van der Waals surface area contributed by atoms with Crippen LogP contribution in [0, 0.1) is 22.7 Å². The van der Waals surface area contributed by atoms with Gasteiger partial charge in [-0.1, -0.05) is 26.8 Å². The molecule has 0 saturated heterocycles. The molecule has 0 aromatic carbocycles. The summed E-state index contributed by atoms with van der Waals surface area (Å²) in [4.78, 5) is 23.6. The molecule has 142 valence electrons. The van der Waals surface area contributed by atoms with Crippen molar-refractivity contribution < 1.29 is 18.7 Å². The number of hydrogen-bond donors (Lipinski definition) is 0. The Labute approximate surface area is 156 Å². The van der Waals surface area contributed by atoms with Crippen molar-refractivity contribution >= 4 is 12.3 Å². The second kappa shape index (κ2) is 7.05. The molecule has 1 aromatic rings. The normalized spacial score (nSPS) is 37.0. The van der Waals surface area contributed by atoms with E-state index in [2.05, 4.69) is 20.4 Å².